The molecule has 0 amide bonds. The van der Waals surface area contributed by atoms with Gasteiger partial charge in [0, 0.05) is 12.1 Å². The Balaban J connectivity index is 1.69. The van der Waals surface area contributed by atoms with Gasteiger partial charge < -0.3 is 4.57 Å². The van der Waals surface area contributed by atoms with Gasteiger partial charge in [-0.15, -0.1) is 5.10 Å². The molecule has 194 valence electrons. The van der Waals surface area contributed by atoms with Crippen molar-refractivity contribution in [3.05, 3.63) is 107 Å². The maximum atomic E-state index is 12.6. The highest BCUT2D eigenvalue weighted by Crippen LogP contribution is 2.32. The molecule has 0 saturated heterocycles. The van der Waals surface area contributed by atoms with Crippen molar-refractivity contribution < 1.29 is 8.42 Å². The standard InChI is InChI=1S/C30H31N5O2S/c1-6-38(36,37)27-9-7-8-25(16-27)26-14-15-28(34-19-21(3)32-23(34)5)29(17-26)35-30(18-31-33-35)22(4)24-12-10-20(2)11-13-24/h7-19,22H,6H2,1-5H3. The first-order chi connectivity index (χ1) is 18.2. The second kappa shape index (κ2) is 10.0. The fourth-order valence-corrected chi connectivity index (χ4v) is 5.65. The molecular weight excluding hydrogens is 494 g/mol. The summed E-state index contributed by atoms with van der Waals surface area (Å²) in [4.78, 5) is 4.92. The Morgan fingerprint density at radius 2 is 1.63 bits per heavy atom. The molecular formula is C30H31N5O2S. The molecule has 2 heterocycles. The summed E-state index contributed by atoms with van der Waals surface area (Å²) in [5.74, 6) is 0.964. The zero-order valence-corrected chi connectivity index (χ0v) is 23.1. The van der Waals surface area contributed by atoms with E-state index in [4.69, 9.17) is 0 Å². The van der Waals surface area contributed by atoms with E-state index in [-0.39, 0.29) is 11.7 Å². The number of hydrogen-bond acceptors (Lipinski definition) is 5. The van der Waals surface area contributed by atoms with Crippen LogP contribution >= 0.6 is 0 Å². The largest absolute Gasteiger partial charge is 0.302 e. The lowest BCUT2D eigenvalue weighted by molar-refractivity contribution is 0.597. The van der Waals surface area contributed by atoms with Crippen molar-refractivity contribution >= 4 is 9.84 Å². The van der Waals surface area contributed by atoms with Crippen LogP contribution in [-0.2, 0) is 9.84 Å². The maximum Gasteiger partial charge on any atom is 0.178 e. The van der Waals surface area contributed by atoms with Gasteiger partial charge in [0.15, 0.2) is 9.84 Å². The first-order valence-electron chi connectivity index (χ1n) is 12.7. The van der Waals surface area contributed by atoms with Crippen molar-refractivity contribution in [3.63, 3.8) is 0 Å². The summed E-state index contributed by atoms with van der Waals surface area (Å²) in [5, 5.41) is 8.81. The molecule has 0 bridgehead atoms. The topological polar surface area (TPSA) is 82.7 Å². The van der Waals surface area contributed by atoms with E-state index in [9.17, 15) is 8.42 Å². The summed E-state index contributed by atoms with van der Waals surface area (Å²) >= 11 is 0. The third-order valence-corrected chi connectivity index (χ3v) is 8.70. The average molecular weight is 526 g/mol. The minimum atomic E-state index is -3.33. The van der Waals surface area contributed by atoms with E-state index in [1.165, 1.54) is 11.1 Å². The van der Waals surface area contributed by atoms with Crippen LogP contribution in [0.25, 0.3) is 22.5 Å². The van der Waals surface area contributed by atoms with Gasteiger partial charge in [-0.3, -0.25) is 0 Å². The highest BCUT2D eigenvalue weighted by molar-refractivity contribution is 7.91. The van der Waals surface area contributed by atoms with Crippen molar-refractivity contribution in [2.75, 3.05) is 5.75 Å². The van der Waals surface area contributed by atoms with Gasteiger partial charge in [-0.25, -0.2) is 18.1 Å². The lowest BCUT2D eigenvalue weighted by atomic mass is 9.97. The van der Waals surface area contributed by atoms with Crippen molar-refractivity contribution in [1.82, 2.24) is 24.5 Å². The van der Waals surface area contributed by atoms with Gasteiger partial charge >= 0.3 is 0 Å². The summed E-state index contributed by atoms with van der Waals surface area (Å²) in [6.45, 7) is 9.83. The zero-order chi connectivity index (χ0) is 27.0. The van der Waals surface area contributed by atoms with E-state index in [0.717, 1.165) is 39.7 Å². The Morgan fingerprint density at radius 3 is 2.32 bits per heavy atom. The highest BCUT2D eigenvalue weighted by Gasteiger charge is 2.20. The van der Waals surface area contributed by atoms with E-state index in [1.807, 2.05) is 49.0 Å². The maximum absolute atomic E-state index is 12.6. The Hall–Kier alpha value is -4.04. The van der Waals surface area contributed by atoms with Crippen LogP contribution in [0.5, 0.6) is 0 Å². The normalized spacial score (nSPS) is 12.6. The predicted octanol–water partition coefficient (Wildman–Crippen LogP) is 5.99. The summed E-state index contributed by atoms with van der Waals surface area (Å²) in [7, 11) is -3.33. The Kier molecular flexibility index (Phi) is 6.75. The molecule has 0 aliphatic rings. The second-order valence-electron chi connectivity index (χ2n) is 9.64. The van der Waals surface area contributed by atoms with Crippen LogP contribution in [0.3, 0.4) is 0 Å². The fraction of sp³-hybridized carbons (Fsp3) is 0.233. The number of aryl methyl sites for hydroxylation is 3. The number of benzene rings is 3. The van der Waals surface area contributed by atoms with Crippen molar-refractivity contribution in [2.45, 2.75) is 45.4 Å². The molecule has 7 nitrogen and oxygen atoms in total. The lowest BCUT2D eigenvalue weighted by Crippen LogP contribution is -2.11. The molecule has 1 atom stereocenters. The smallest absolute Gasteiger partial charge is 0.178 e. The van der Waals surface area contributed by atoms with E-state index >= 15 is 0 Å². The van der Waals surface area contributed by atoms with Crippen LogP contribution in [-0.4, -0.2) is 38.7 Å². The van der Waals surface area contributed by atoms with Gasteiger partial charge in [-0.1, -0.05) is 67.1 Å². The van der Waals surface area contributed by atoms with Crippen molar-refractivity contribution in [1.29, 1.82) is 0 Å². The van der Waals surface area contributed by atoms with Crippen LogP contribution in [0, 0.1) is 20.8 Å². The summed E-state index contributed by atoms with van der Waals surface area (Å²) in [6, 6.07) is 21.7. The quantitative estimate of drug-likeness (QED) is 0.261. The molecule has 3 aromatic carbocycles. The molecule has 38 heavy (non-hydrogen) atoms. The number of sulfone groups is 1. The average Bonchev–Trinajstić information content (AvgIpc) is 3.54. The molecule has 5 aromatic rings. The van der Waals surface area contributed by atoms with E-state index in [2.05, 4.69) is 58.0 Å². The second-order valence-corrected chi connectivity index (χ2v) is 11.9. The SMILES string of the molecule is CCS(=O)(=O)c1cccc(-c2ccc(-n3cc(C)nc3C)c(-n3nncc3C(C)c3ccc(C)cc3)c2)c1. The molecule has 0 fully saturated rings. The minimum absolute atomic E-state index is 0.0470. The zero-order valence-electron chi connectivity index (χ0n) is 22.3. The molecule has 8 heteroatoms. The summed E-state index contributed by atoms with van der Waals surface area (Å²) in [6.07, 6.45) is 3.81. The van der Waals surface area contributed by atoms with Crippen LogP contribution < -0.4 is 0 Å². The molecule has 0 N–H and O–H groups in total. The number of rotatable bonds is 7. The van der Waals surface area contributed by atoms with Crippen molar-refractivity contribution in [3.8, 4) is 22.5 Å². The monoisotopic (exact) mass is 525 g/mol. The first kappa shape index (κ1) is 25.6. The third-order valence-electron chi connectivity index (χ3n) is 6.97. The third kappa shape index (κ3) is 4.79. The van der Waals surface area contributed by atoms with Gasteiger partial charge in [-0.2, -0.15) is 0 Å². The van der Waals surface area contributed by atoms with Gasteiger partial charge in [-0.05, 0) is 61.7 Å². The molecule has 0 saturated carbocycles. The van der Waals surface area contributed by atoms with Crippen LogP contribution in [0.15, 0.2) is 84.0 Å². The van der Waals surface area contributed by atoms with Gasteiger partial charge in [0.2, 0.25) is 0 Å². The van der Waals surface area contributed by atoms with E-state index in [0.29, 0.717) is 4.90 Å². The van der Waals surface area contributed by atoms with E-state index < -0.39 is 9.84 Å². The Labute approximate surface area is 223 Å². The molecule has 1 unspecified atom stereocenters. The fourth-order valence-electron chi connectivity index (χ4n) is 4.73. The lowest BCUT2D eigenvalue weighted by Gasteiger charge is -2.18. The van der Waals surface area contributed by atoms with Crippen LogP contribution in [0.1, 0.15) is 48.1 Å². The molecule has 0 aliphatic carbocycles. The van der Waals surface area contributed by atoms with Crippen LogP contribution in [0.2, 0.25) is 0 Å². The first-order valence-corrected chi connectivity index (χ1v) is 14.3. The number of nitrogens with zero attached hydrogens (tertiary/aromatic N) is 5. The summed E-state index contributed by atoms with van der Waals surface area (Å²) in [5.41, 5.74) is 7.69. The molecule has 2 aromatic heterocycles. The predicted molar refractivity (Wildman–Crippen MR) is 150 cm³/mol. The molecule has 0 aliphatic heterocycles. The minimum Gasteiger partial charge on any atom is -0.302 e. The van der Waals surface area contributed by atoms with Crippen LogP contribution in [0.4, 0.5) is 0 Å². The molecule has 5 rings (SSSR count). The Morgan fingerprint density at radius 1 is 0.895 bits per heavy atom. The van der Waals surface area contributed by atoms with Gasteiger partial charge in [0.05, 0.1) is 39.6 Å². The van der Waals surface area contributed by atoms with Crippen molar-refractivity contribution in [2.24, 2.45) is 0 Å². The number of aromatic nitrogens is 5. The molecule has 0 radical (unpaired) electrons. The molecule has 0 spiro atoms. The number of hydrogen-bond donors (Lipinski definition) is 0. The van der Waals surface area contributed by atoms with Gasteiger partial charge in [0.25, 0.3) is 0 Å². The summed E-state index contributed by atoms with van der Waals surface area (Å²) < 4.78 is 29.0. The highest BCUT2D eigenvalue weighted by atomic mass is 32.2. The van der Waals surface area contributed by atoms with Gasteiger partial charge in [0.1, 0.15) is 5.82 Å². The number of imidazole rings is 1. The van der Waals surface area contributed by atoms with E-state index in [1.54, 1.807) is 31.3 Å². The Bertz CT molecular complexity index is 1720.